The van der Waals surface area contributed by atoms with Gasteiger partial charge in [0, 0.05) is 5.69 Å². The van der Waals surface area contributed by atoms with Crippen LogP contribution in [0.25, 0.3) is 0 Å². The molecule has 0 saturated carbocycles. The first kappa shape index (κ1) is 15.8. The number of carbonyl (C=O) groups is 1. The fourth-order valence-electron chi connectivity index (χ4n) is 2.83. The number of amides is 1. The van der Waals surface area contributed by atoms with Crippen LogP contribution in [0.4, 0.5) is 5.69 Å². The maximum absolute atomic E-state index is 12.6. The van der Waals surface area contributed by atoms with Crippen LogP contribution in [-0.4, -0.2) is 24.1 Å². The lowest BCUT2D eigenvalue weighted by molar-refractivity contribution is -0.122. The highest BCUT2D eigenvalue weighted by molar-refractivity contribution is 5.98. The molecular weight excluding hydrogens is 264 g/mol. The number of hydrogen-bond acceptors (Lipinski definition) is 3. The van der Waals surface area contributed by atoms with Gasteiger partial charge in [0.1, 0.15) is 5.75 Å². The van der Waals surface area contributed by atoms with Gasteiger partial charge in [0.25, 0.3) is 0 Å². The second-order valence-electron chi connectivity index (χ2n) is 6.06. The van der Waals surface area contributed by atoms with Crippen molar-refractivity contribution in [3.8, 4) is 5.75 Å². The summed E-state index contributed by atoms with van der Waals surface area (Å²) in [6, 6.07) is 5.79. The molecule has 21 heavy (non-hydrogen) atoms. The molecule has 0 aromatic heterocycles. The third-order valence-corrected chi connectivity index (χ3v) is 4.10. The molecule has 1 aliphatic heterocycles. The molecule has 0 aliphatic carbocycles. The second-order valence-corrected chi connectivity index (χ2v) is 6.06. The smallest absolute Gasteiger partial charge is 0.244 e. The highest BCUT2D eigenvalue weighted by Gasteiger charge is 2.39. The highest BCUT2D eigenvalue weighted by Crippen LogP contribution is 2.27. The van der Waals surface area contributed by atoms with Gasteiger partial charge in [-0.2, -0.15) is 0 Å². The number of aryl methyl sites for hydroxylation is 1. The molecule has 1 heterocycles. The van der Waals surface area contributed by atoms with Crippen molar-refractivity contribution < 1.29 is 9.53 Å². The molecular formula is C17H26N2O2. The Kier molecular flexibility index (Phi) is 4.88. The van der Waals surface area contributed by atoms with Gasteiger partial charge in [0.05, 0.1) is 11.6 Å². The molecule has 1 atom stereocenters. The molecule has 1 saturated heterocycles. The lowest BCUT2D eigenvalue weighted by Crippen LogP contribution is -2.50. The van der Waals surface area contributed by atoms with Crippen LogP contribution in [0.2, 0.25) is 0 Å². The van der Waals surface area contributed by atoms with E-state index in [0.29, 0.717) is 0 Å². The summed E-state index contributed by atoms with van der Waals surface area (Å²) >= 11 is 0. The molecule has 1 unspecified atom stereocenters. The molecule has 0 radical (unpaired) electrons. The van der Waals surface area contributed by atoms with E-state index >= 15 is 0 Å². The van der Waals surface area contributed by atoms with Gasteiger partial charge in [0.15, 0.2) is 0 Å². The van der Waals surface area contributed by atoms with E-state index in [0.717, 1.165) is 42.8 Å². The third kappa shape index (κ3) is 3.56. The highest BCUT2D eigenvalue weighted by atomic mass is 16.5. The first-order valence-corrected chi connectivity index (χ1v) is 7.80. The minimum absolute atomic E-state index is 0.0723. The quantitative estimate of drug-likeness (QED) is 0.875. The first-order valence-electron chi connectivity index (χ1n) is 7.80. The van der Waals surface area contributed by atoms with Gasteiger partial charge >= 0.3 is 0 Å². The Labute approximate surface area is 127 Å². The molecule has 2 rings (SSSR count). The topological polar surface area (TPSA) is 50.4 Å². The zero-order chi connectivity index (χ0) is 15.5. The summed E-state index contributed by atoms with van der Waals surface area (Å²) in [6.07, 6.45) is 2.92. The Balaban J connectivity index is 2.10. The molecule has 1 aromatic carbocycles. The number of ether oxygens (including phenoxy) is 1. The van der Waals surface area contributed by atoms with E-state index in [4.69, 9.17) is 4.74 Å². The summed E-state index contributed by atoms with van der Waals surface area (Å²) in [7, 11) is 0. The Hall–Kier alpha value is -1.55. The molecule has 1 aliphatic rings. The molecule has 1 aromatic rings. The maximum Gasteiger partial charge on any atom is 0.244 e. The standard InChI is InChI=1S/C17H26N2O2/c1-5-17(9-6-10-18-17)16(20)19-15-8-7-14(11-13(15)4)21-12(2)3/h7-8,11-12,18H,5-6,9-10H2,1-4H3,(H,19,20). The van der Waals surface area contributed by atoms with Crippen LogP contribution in [0.5, 0.6) is 5.75 Å². The summed E-state index contributed by atoms with van der Waals surface area (Å²) < 4.78 is 5.67. The van der Waals surface area contributed by atoms with E-state index in [1.807, 2.05) is 39.0 Å². The van der Waals surface area contributed by atoms with Gasteiger partial charge in [-0.3, -0.25) is 4.79 Å². The Morgan fingerprint density at radius 1 is 1.48 bits per heavy atom. The van der Waals surface area contributed by atoms with E-state index in [1.165, 1.54) is 0 Å². The Bertz CT molecular complexity index is 506. The predicted molar refractivity (Wildman–Crippen MR) is 85.8 cm³/mol. The minimum atomic E-state index is -0.403. The summed E-state index contributed by atoms with van der Waals surface area (Å²) in [5.41, 5.74) is 1.47. The van der Waals surface area contributed by atoms with Crippen LogP contribution in [-0.2, 0) is 4.79 Å². The van der Waals surface area contributed by atoms with Crippen molar-refractivity contribution in [2.24, 2.45) is 0 Å². The molecule has 116 valence electrons. The number of carbonyl (C=O) groups excluding carboxylic acids is 1. The van der Waals surface area contributed by atoms with Crippen molar-refractivity contribution in [2.75, 3.05) is 11.9 Å². The van der Waals surface area contributed by atoms with Crippen LogP contribution >= 0.6 is 0 Å². The van der Waals surface area contributed by atoms with Gasteiger partial charge in [-0.05, 0) is 70.3 Å². The largest absolute Gasteiger partial charge is 0.491 e. The van der Waals surface area contributed by atoms with E-state index < -0.39 is 5.54 Å². The number of rotatable bonds is 5. The van der Waals surface area contributed by atoms with Crippen molar-refractivity contribution in [1.29, 1.82) is 0 Å². The van der Waals surface area contributed by atoms with Crippen molar-refractivity contribution in [3.63, 3.8) is 0 Å². The van der Waals surface area contributed by atoms with E-state index in [-0.39, 0.29) is 12.0 Å². The van der Waals surface area contributed by atoms with Crippen LogP contribution in [0.1, 0.15) is 45.6 Å². The summed E-state index contributed by atoms with van der Waals surface area (Å²) in [5, 5.41) is 6.43. The molecule has 1 fully saturated rings. The van der Waals surface area contributed by atoms with Crippen molar-refractivity contribution in [2.45, 2.75) is 58.6 Å². The summed E-state index contributed by atoms with van der Waals surface area (Å²) in [6.45, 7) is 8.97. The van der Waals surface area contributed by atoms with Gasteiger partial charge < -0.3 is 15.4 Å². The second kappa shape index (κ2) is 6.48. The lowest BCUT2D eigenvalue weighted by Gasteiger charge is -2.27. The SMILES string of the molecule is CCC1(C(=O)Nc2ccc(OC(C)C)cc2C)CCCN1. The third-order valence-electron chi connectivity index (χ3n) is 4.10. The van der Waals surface area contributed by atoms with Crippen LogP contribution in [0, 0.1) is 6.92 Å². The van der Waals surface area contributed by atoms with Crippen LogP contribution in [0.15, 0.2) is 18.2 Å². The van der Waals surface area contributed by atoms with E-state index in [1.54, 1.807) is 0 Å². The summed E-state index contributed by atoms with van der Waals surface area (Å²) in [4.78, 5) is 12.6. The fraction of sp³-hybridized carbons (Fsp3) is 0.588. The monoisotopic (exact) mass is 290 g/mol. The molecule has 0 bridgehead atoms. The zero-order valence-corrected chi connectivity index (χ0v) is 13.5. The fourth-order valence-corrected chi connectivity index (χ4v) is 2.83. The first-order chi connectivity index (χ1) is 9.97. The van der Waals surface area contributed by atoms with Gasteiger partial charge in [0.2, 0.25) is 5.91 Å². The number of hydrogen-bond donors (Lipinski definition) is 2. The Morgan fingerprint density at radius 3 is 2.76 bits per heavy atom. The maximum atomic E-state index is 12.6. The van der Waals surface area contributed by atoms with Gasteiger partial charge in [-0.25, -0.2) is 0 Å². The molecule has 2 N–H and O–H groups in total. The summed E-state index contributed by atoms with van der Waals surface area (Å²) in [5.74, 6) is 0.910. The normalized spacial score (nSPS) is 21.6. The van der Waals surface area contributed by atoms with E-state index in [2.05, 4.69) is 17.6 Å². The molecule has 1 amide bonds. The Morgan fingerprint density at radius 2 is 2.24 bits per heavy atom. The van der Waals surface area contributed by atoms with E-state index in [9.17, 15) is 4.79 Å². The van der Waals surface area contributed by atoms with Crippen molar-refractivity contribution in [1.82, 2.24) is 5.32 Å². The van der Waals surface area contributed by atoms with Gasteiger partial charge in [-0.15, -0.1) is 0 Å². The average molecular weight is 290 g/mol. The van der Waals surface area contributed by atoms with Crippen LogP contribution in [0.3, 0.4) is 0 Å². The van der Waals surface area contributed by atoms with Crippen molar-refractivity contribution >= 4 is 11.6 Å². The predicted octanol–water partition coefficient (Wildman–Crippen LogP) is 3.25. The molecule has 4 nitrogen and oxygen atoms in total. The van der Waals surface area contributed by atoms with Crippen molar-refractivity contribution in [3.05, 3.63) is 23.8 Å². The zero-order valence-electron chi connectivity index (χ0n) is 13.5. The number of benzene rings is 1. The molecule has 0 spiro atoms. The molecule has 4 heteroatoms. The number of anilines is 1. The lowest BCUT2D eigenvalue weighted by atomic mass is 9.93. The average Bonchev–Trinajstić information content (AvgIpc) is 2.91. The van der Waals surface area contributed by atoms with Gasteiger partial charge in [-0.1, -0.05) is 6.92 Å². The minimum Gasteiger partial charge on any atom is -0.491 e. The number of nitrogens with one attached hydrogen (secondary N) is 2. The van der Waals surface area contributed by atoms with Crippen LogP contribution < -0.4 is 15.4 Å².